The topological polar surface area (TPSA) is 50.7 Å². The first kappa shape index (κ1) is 13.2. The number of aliphatic hydroxyl groups is 1. The number of hydrogen-bond donors (Lipinski definition) is 2. The van der Waals surface area contributed by atoms with Gasteiger partial charge in [-0.1, -0.05) is 6.92 Å². The molecule has 0 bridgehead atoms. The lowest BCUT2D eigenvalue weighted by molar-refractivity contribution is 0.00841. The molecule has 0 radical (unpaired) electrons. The van der Waals surface area contributed by atoms with Crippen molar-refractivity contribution in [3.63, 3.8) is 0 Å². The smallest absolute Gasteiger partial charge is 0.127 e. The van der Waals surface area contributed by atoms with Crippen LogP contribution < -0.4 is 14.8 Å². The highest BCUT2D eigenvalue weighted by molar-refractivity contribution is 5.45. The molecule has 4 heteroatoms. The Hall–Kier alpha value is -1.26. The van der Waals surface area contributed by atoms with Crippen LogP contribution in [0.25, 0.3) is 0 Å². The van der Waals surface area contributed by atoms with Crippen molar-refractivity contribution < 1.29 is 14.6 Å². The van der Waals surface area contributed by atoms with Gasteiger partial charge in [-0.15, -0.1) is 0 Å². The molecular formula is C14H21NO3. The second-order valence-electron chi connectivity index (χ2n) is 4.99. The highest BCUT2D eigenvalue weighted by atomic mass is 16.5. The van der Waals surface area contributed by atoms with E-state index in [1.54, 1.807) is 6.92 Å². The molecule has 1 aliphatic heterocycles. The van der Waals surface area contributed by atoms with Crippen LogP contribution in [0.3, 0.4) is 0 Å². The van der Waals surface area contributed by atoms with Crippen LogP contribution in [0.2, 0.25) is 0 Å². The maximum Gasteiger partial charge on any atom is 0.127 e. The van der Waals surface area contributed by atoms with Crippen LogP contribution >= 0.6 is 0 Å². The van der Waals surface area contributed by atoms with Crippen LogP contribution in [-0.2, 0) is 0 Å². The number of fused-ring (bicyclic) bond motifs is 1. The molecule has 1 heterocycles. The second kappa shape index (κ2) is 5.16. The molecule has 0 aliphatic carbocycles. The number of nitrogens with one attached hydrogen (secondary N) is 1. The average Bonchev–Trinajstić information content (AvgIpc) is 2.78. The minimum Gasteiger partial charge on any atom is -0.491 e. The quantitative estimate of drug-likeness (QED) is 0.839. The van der Waals surface area contributed by atoms with Crippen LogP contribution in [0.5, 0.6) is 11.5 Å². The molecule has 2 N–H and O–H groups in total. The van der Waals surface area contributed by atoms with E-state index in [1.807, 2.05) is 32.2 Å². The summed E-state index contributed by atoms with van der Waals surface area (Å²) < 4.78 is 11.2. The lowest BCUT2D eigenvalue weighted by atomic mass is 10.1. The highest BCUT2D eigenvalue weighted by Crippen LogP contribution is 2.35. The van der Waals surface area contributed by atoms with Gasteiger partial charge in [-0.3, -0.25) is 0 Å². The van der Waals surface area contributed by atoms with E-state index in [-0.39, 0.29) is 12.6 Å². The molecule has 0 spiro atoms. The summed E-state index contributed by atoms with van der Waals surface area (Å²) in [6, 6.07) is 6.08. The molecule has 0 amide bonds. The van der Waals surface area contributed by atoms with Gasteiger partial charge < -0.3 is 19.9 Å². The Morgan fingerprint density at radius 3 is 3.00 bits per heavy atom. The van der Waals surface area contributed by atoms with E-state index in [2.05, 4.69) is 5.32 Å². The summed E-state index contributed by atoms with van der Waals surface area (Å²) in [6.45, 7) is 4.65. The first-order valence-corrected chi connectivity index (χ1v) is 6.35. The molecule has 0 fully saturated rings. The third-order valence-corrected chi connectivity index (χ3v) is 3.43. The lowest BCUT2D eigenvalue weighted by Gasteiger charge is -2.21. The zero-order valence-electron chi connectivity index (χ0n) is 11.2. The Labute approximate surface area is 108 Å². The monoisotopic (exact) mass is 251 g/mol. The van der Waals surface area contributed by atoms with Gasteiger partial charge in [0.2, 0.25) is 0 Å². The fourth-order valence-electron chi connectivity index (χ4n) is 1.86. The Kier molecular flexibility index (Phi) is 3.78. The summed E-state index contributed by atoms with van der Waals surface area (Å²) in [5.41, 5.74) is 0.375. The molecule has 2 unspecified atom stereocenters. The minimum absolute atomic E-state index is 0.257. The van der Waals surface area contributed by atoms with Gasteiger partial charge in [0.15, 0.2) is 0 Å². The van der Waals surface area contributed by atoms with Crippen LogP contribution in [0.1, 0.15) is 31.9 Å². The zero-order valence-corrected chi connectivity index (χ0v) is 11.2. The van der Waals surface area contributed by atoms with Crippen LogP contribution in [-0.4, -0.2) is 31.0 Å². The number of ether oxygens (including phenoxy) is 2. The predicted octanol–water partition coefficient (Wildman–Crippen LogP) is 1.88. The van der Waals surface area contributed by atoms with Crippen molar-refractivity contribution in [2.45, 2.75) is 31.9 Å². The van der Waals surface area contributed by atoms with E-state index in [4.69, 9.17) is 9.47 Å². The summed E-state index contributed by atoms with van der Waals surface area (Å²) in [4.78, 5) is 0. The SMILES string of the molecule is CCC(C)(O)COc1ccc2c(c1)OCC2NC. The van der Waals surface area contributed by atoms with Gasteiger partial charge in [0.25, 0.3) is 0 Å². The molecule has 1 aliphatic rings. The number of benzene rings is 1. The van der Waals surface area contributed by atoms with Gasteiger partial charge in [-0.05, 0) is 32.5 Å². The third kappa shape index (κ3) is 2.76. The second-order valence-corrected chi connectivity index (χ2v) is 4.99. The van der Waals surface area contributed by atoms with Crippen molar-refractivity contribution in [3.05, 3.63) is 23.8 Å². The van der Waals surface area contributed by atoms with Gasteiger partial charge in [0, 0.05) is 11.6 Å². The maximum atomic E-state index is 9.89. The van der Waals surface area contributed by atoms with Crippen molar-refractivity contribution >= 4 is 0 Å². The molecule has 4 nitrogen and oxygen atoms in total. The molecule has 0 saturated heterocycles. The fourth-order valence-corrected chi connectivity index (χ4v) is 1.86. The molecule has 0 aromatic heterocycles. The zero-order chi connectivity index (χ0) is 13.2. The normalized spacial score (nSPS) is 21.0. The van der Waals surface area contributed by atoms with E-state index in [0.717, 1.165) is 17.1 Å². The lowest BCUT2D eigenvalue weighted by Crippen LogP contribution is -2.31. The first-order valence-electron chi connectivity index (χ1n) is 6.35. The van der Waals surface area contributed by atoms with Gasteiger partial charge >= 0.3 is 0 Å². The molecule has 0 saturated carbocycles. The molecule has 2 rings (SSSR count). The maximum absolute atomic E-state index is 9.89. The molecule has 1 aromatic rings. The van der Waals surface area contributed by atoms with E-state index in [1.165, 1.54) is 0 Å². The molecular weight excluding hydrogens is 230 g/mol. The van der Waals surface area contributed by atoms with Crippen LogP contribution in [0.4, 0.5) is 0 Å². The van der Waals surface area contributed by atoms with Crippen molar-refractivity contribution in [1.82, 2.24) is 5.32 Å². The summed E-state index contributed by atoms with van der Waals surface area (Å²) in [7, 11) is 1.92. The van der Waals surface area contributed by atoms with E-state index in [0.29, 0.717) is 13.0 Å². The summed E-state index contributed by atoms with van der Waals surface area (Å²) in [5, 5.41) is 13.1. The fraction of sp³-hybridized carbons (Fsp3) is 0.571. The number of rotatable bonds is 5. The van der Waals surface area contributed by atoms with E-state index in [9.17, 15) is 5.11 Å². The summed E-state index contributed by atoms with van der Waals surface area (Å²) in [5.74, 6) is 1.60. The van der Waals surface area contributed by atoms with Crippen molar-refractivity contribution in [2.75, 3.05) is 20.3 Å². The van der Waals surface area contributed by atoms with Crippen molar-refractivity contribution in [3.8, 4) is 11.5 Å². The summed E-state index contributed by atoms with van der Waals surface area (Å²) >= 11 is 0. The Morgan fingerprint density at radius 1 is 1.56 bits per heavy atom. The molecule has 18 heavy (non-hydrogen) atoms. The standard InChI is InChI=1S/C14H21NO3/c1-4-14(2,16)9-18-10-5-6-11-12(15-3)8-17-13(11)7-10/h5-7,12,15-16H,4,8-9H2,1-3H3. The van der Waals surface area contributed by atoms with Gasteiger partial charge in [0.05, 0.1) is 11.6 Å². The number of likely N-dealkylation sites (N-methyl/N-ethyl adjacent to an activating group) is 1. The van der Waals surface area contributed by atoms with Crippen molar-refractivity contribution in [1.29, 1.82) is 0 Å². The van der Waals surface area contributed by atoms with E-state index < -0.39 is 5.60 Å². The van der Waals surface area contributed by atoms with Gasteiger partial charge in [-0.25, -0.2) is 0 Å². The highest BCUT2D eigenvalue weighted by Gasteiger charge is 2.23. The van der Waals surface area contributed by atoms with Crippen LogP contribution in [0.15, 0.2) is 18.2 Å². The van der Waals surface area contributed by atoms with Gasteiger partial charge in [0.1, 0.15) is 24.7 Å². The molecule has 100 valence electrons. The largest absolute Gasteiger partial charge is 0.491 e. The van der Waals surface area contributed by atoms with E-state index >= 15 is 0 Å². The van der Waals surface area contributed by atoms with Crippen molar-refractivity contribution in [2.24, 2.45) is 0 Å². The Morgan fingerprint density at radius 2 is 2.33 bits per heavy atom. The molecule has 1 aromatic carbocycles. The average molecular weight is 251 g/mol. The Bertz CT molecular complexity index is 418. The third-order valence-electron chi connectivity index (χ3n) is 3.43. The summed E-state index contributed by atoms with van der Waals surface area (Å²) in [6.07, 6.45) is 0.663. The van der Waals surface area contributed by atoms with Gasteiger partial charge in [-0.2, -0.15) is 0 Å². The first-order chi connectivity index (χ1) is 8.55. The predicted molar refractivity (Wildman–Crippen MR) is 70.1 cm³/mol. The van der Waals surface area contributed by atoms with Crippen LogP contribution in [0, 0.1) is 0 Å². The minimum atomic E-state index is -0.784. The number of hydrogen-bond acceptors (Lipinski definition) is 4. The Balaban J connectivity index is 2.04. The molecule has 2 atom stereocenters.